The van der Waals surface area contributed by atoms with Gasteiger partial charge in [-0.2, -0.15) is 0 Å². The summed E-state index contributed by atoms with van der Waals surface area (Å²) in [7, 11) is 1.58. The third-order valence-corrected chi connectivity index (χ3v) is 3.14. The fourth-order valence-electron chi connectivity index (χ4n) is 1.77. The number of hydrogen-bond donors (Lipinski definition) is 2. The summed E-state index contributed by atoms with van der Waals surface area (Å²) in [5.41, 5.74) is 1.27. The second-order valence-corrected chi connectivity index (χ2v) is 4.57. The van der Waals surface area contributed by atoms with Gasteiger partial charge in [0.15, 0.2) is 0 Å². The van der Waals surface area contributed by atoms with Gasteiger partial charge in [-0.15, -0.1) is 0 Å². The van der Waals surface area contributed by atoms with Gasteiger partial charge in [0, 0.05) is 17.7 Å². The fraction of sp³-hybridized carbons (Fsp3) is 0.133. The van der Waals surface area contributed by atoms with Gasteiger partial charge in [0.1, 0.15) is 11.5 Å². The Morgan fingerprint density at radius 1 is 1.30 bits per heavy atom. The summed E-state index contributed by atoms with van der Waals surface area (Å²) >= 11 is 5.77. The molecule has 104 valence electrons. The molecule has 5 heteroatoms. The summed E-state index contributed by atoms with van der Waals surface area (Å²) in [4.78, 5) is 12.0. The van der Waals surface area contributed by atoms with Gasteiger partial charge in [-0.3, -0.25) is 4.79 Å². The van der Waals surface area contributed by atoms with Crippen molar-refractivity contribution in [2.24, 2.45) is 0 Å². The molecule has 0 saturated heterocycles. The van der Waals surface area contributed by atoms with E-state index in [1.165, 1.54) is 18.2 Å². The number of para-hydroxylation sites is 1. The molecule has 2 rings (SSSR count). The quantitative estimate of drug-likeness (QED) is 0.910. The first kappa shape index (κ1) is 14.2. The minimum absolute atomic E-state index is 0.0482. The Labute approximate surface area is 122 Å². The largest absolute Gasteiger partial charge is 0.506 e. The molecule has 1 amide bonds. The maximum atomic E-state index is 12.0. The number of ether oxygens (including phenoxy) is 1. The zero-order chi connectivity index (χ0) is 14.5. The third-order valence-electron chi connectivity index (χ3n) is 2.84. The second kappa shape index (κ2) is 6.30. The van der Waals surface area contributed by atoms with Crippen molar-refractivity contribution < 1.29 is 14.6 Å². The topological polar surface area (TPSA) is 58.6 Å². The lowest BCUT2D eigenvalue weighted by atomic mass is 10.1. The van der Waals surface area contributed by atoms with Gasteiger partial charge in [0.25, 0.3) is 5.91 Å². The lowest BCUT2D eigenvalue weighted by molar-refractivity contribution is 0.0950. The minimum atomic E-state index is -0.266. The van der Waals surface area contributed by atoms with Gasteiger partial charge in [-0.25, -0.2) is 0 Å². The highest BCUT2D eigenvalue weighted by Gasteiger charge is 2.09. The number of phenolic OH excluding ortho intramolecular Hbond substituents is 1. The molecule has 2 aromatic rings. The lowest BCUT2D eigenvalue weighted by Crippen LogP contribution is -2.23. The van der Waals surface area contributed by atoms with Crippen LogP contribution in [-0.4, -0.2) is 18.1 Å². The summed E-state index contributed by atoms with van der Waals surface area (Å²) in [5.74, 6) is 0.405. The van der Waals surface area contributed by atoms with Crippen LogP contribution in [0.5, 0.6) is 11.5 Å². The number of carbonyl (C=O) groups excluding carboxylic acids is 1. The minimum Gasteiger partial charge on any atom is -0.506 e. The molecule has 2 aromatic carbocycles. The van der Waals surface area contributed by atoms with Crippen molar-refractivity contribution >= 4 is 17.5 Å². The van der Waals surface area contributed by atoms with E-state index >= 15 is 0 Å². The number of benzene rings is 2. The smallest absolute Gasteiger partial charge is 0.251 e. The van der Waals surface area contributed by atoms with Crippen molar-refractivity contribution in [3.8, 4) is 11.5 Å². The molecule has 0 aliphatic carbocycles. The summed E-state index contributed by atoms with van der Waals surface area (Å²) < 4.78 is 5.21. The van der Waals surface area contributed by atoms with Crippen LogP contribution >= 0.6 is 11.6 Å². The van der Waals surface area contributed by atoms with E-state index in [1.54, 1.807) is 7.11 Å². The number of rotatable bonds is 4. The van der Waals surface area contributed by atoms with Crippen molar-refractivity contribution in [2.45, 2.75) is 6.54 Å². The Bertz CT molecular complexity index is 628. The number of nitrogens with one attached hydrogen (secondary N) is 1. The normalized spacial score (nSPS) is 10.1. The van der Waals surface area contributed by atoms with E-state index < -0.39 is 0 Å². The SMILES string of the molecule is COc1ccccc1CNC(=O)c1ccc(O)c(Cl)c1. The van der Waals surface area contributed by atoms with Crippen molar-refractivity contribution in [1.29, 1.82) is 0 Å². The third kappa shape index (κ3) is 3.22. The van der Waals surface area contributed by atoms with Crippen LogP contribution in [0.25, 0.3) is 0 Å². The Morgan fingerprint density at radius 2 is 2.05 bits per heavy atom. The van der Waals surface area contributed by atoms with Gasteiger partial charge in [0.05, 0.1) is 12.1 Å². The molecular formula is C15H14ClNO3. The maximum Gasteiger partial charge on any atom is 0.251 e. The molecule has 4 nitrogen and oxygen atoms in total. The molecule has 0 bridgehead atoms. The molecule has 0 aromatic heterocycles. The predicted octanol–water partition coefficient (Wildman–Crippen LogP) is 2.98. The molecule has 0 radical (unpaired) electrons. The number of halogens is 1. The van der Waals surface area contributed by atoms with E-state index in [2.05, 4.69) is 5.32 Å². The van der Waals surface area contributed by atoms with Crippen LogP contribution in [0.2, 0.25) is 5.02 Å². The van der Waals surface area contributed by atoms with Crippen LogP contribution < -0.4 is 10.1 Å². The van der Waals surface area contributed by atoms with Gasteiger partial charge in [-0.05, 0) is 24.3 Å². The standard InChI is InChI=1S/C15H14ClNO3/c1-20-14-5-3-2-4-11(14)9-17-15(19)10-6-7-13(18)12(16)8-10/h2-8,18H,9H2,1H3,(H,17,19). The molecule has 0 heterocycles. The average Bonchev–Trinajstić information content (AvgIpc) is 2.47. The van der Waals surface area contributed by atoms with Crippen LogP contribution in [0.15, 0.2) is 42.5 Å². The zero-order valence-electron chi connectivity index (χ0n) is 10.9. The van der Waals surface area contributed by atoms with E-state index in [0.29, 0.717) is 12.1 Å². The highest BCUT2D eigenvalue weighted by Crippen LogP contribution is 2.23. The number of methoxy groups -OCH3 is 1. The van der Waals surface area contributed by atoms with Crippen LogP contribution in [-0.2, 0) is 6.54 Å². The van der Waals surface area contributed by atoms with Crippen LogP contribution in [0.1, 0.15) is 15.9 Å². The first-order chi connectivity index (χ1) is 9.61. The average molecular weight is 292 g/mol. The molecule has 0 unspecified atom stereocenters. The monoisotopic (exact) mass is 291 g/mol. The maximum absolute atomic E-state index is 12.0. The van der Waals surface area contributed by atoms with Crippen molar-refractivity contribution in [2.75, 3.05) is 7.11 Å². The Kier molecular flexibility index (Phi) is 4.48. The van der Waals surface area contributed by atoms with Gasteiger partial charge < -0.3 is 15.2 Å². The number of carbonyl (C=O) groups is 1. The molecular weight excluding hydrogens is 278 g/mol. The van der Waals surface area contributed by atoms with E-state index in [1.807, 2.05) is 24.3 Å². The van der Waals surface area contributed by atoms with Crippen LogP contribution in [0.3, 0.4) is 0 Å². The molecule has 2 N–H and O–H groups in total. The van der Waals surface area contributed by atoms with Crippen molar-refractivity contribution in [3.05, 3.63) is 58.6 Å². The number of amides is 1. The number of phenols is 1. The van der Waals surface area contributed by atoms with E-state index in [4.69, 9.17) is 16.3 Å². The Balaban J connectivity index is 2.06. The number of hydrogen-bond acceptors (Lipinski definition) is 3. The molecule has 0 aliphatic heterocycles. The summed E-state index contributed by atoms with van der Waals surface area (Å²) in [6.07, 6.45) is 0. The molecule has 20 heavy (non-hydrogen) atoms. The van der Waals surface area contributed by atoms with E-state index in [0.717, 1.165) is 11.3 Å². The molecule has 0 fully saturated rings. The first-order valence-corrected chi connectivity index (χ1v) is 6.38. The lowest BCUT2D eigenvalue weighted by Gasteiger charge is -2.09. The van der Waals surface area contributed by atoms with Crippen LogP contribution in [0.4, 0.5) is 0 Å². The van der Waals surface area contributed by atoms with Gasteiger partial charge >= 0.3 is 0 Å². The van der Waals surface area contributed by atoms with Crippen LogP contribution in [0, 0.1) is 0 Å². The van der Waals surface area contributed by atoms with E-state index in [9.17, 15) is 9.90 Å². The molecule has 0 atom stereocenters. The molecule has 0 saturated carbocycles. The van der Waals surface area contributed by atoms with Crippen molar-refractivity contribution in [1.82, 2.24) is 5.32 Å². The highest BCUT2D eigenvalue weighted by molar-refractivity contribution is 6.32. The van der Waals surface area contributed by atoms with Crippen molar-refractivity contribution in [3.63, 3.8) is 0 Å². The predicted molar refractivity (Wildman–Crippen MR) is 77.3 cm³/mol. The van der Waals surface area contributed by atoms with Gasteiger partial charge in [0.2, 0.25) is 0 Å². The number of aromatic hydroxyl groups is 1. The summed E-state index contributed by atoms with van der Waals surface area (Å²) in [6, 6.07) is 11.8. The molecule has 0 spiro atoms. The first-order valence-electron chi connectivity index (χ1n) is 6.00. The second-order valence-electron chi connectivity index (χ2n) is 4.16. The van der Waals surface area contributed by atoms with E-state index in [-0.39, 0.29) is 16.7 Å². The Hall–Kier alpha value is -2.20. The summed E-state index contributed by atoms with van der Waals surface area (Å²) in [6.45, 7) is 0.349. The summed E-state index contributed by atoms with van der Waals surface area (Å²) in [5, 5.41) is 12.2. The van der Waals surface area contributed by atoms with Gasteiger partial charge in [-0.1, -0.05) is 29.8 Å². The fourth-order valence-corrected chi connectivity index (χ4v) is 1.96. The molecule has 0 aliphatic rings. The highest BCUT2D eigenvalue weighted by atomic mass is 35.5. The Morgan fingerprint density at radius 3 is 2.75 bits per heavy atom. The zero-order valence-corrected chi connectivity index (χ0v) is 11.6.